The van der Waals surface area contributed by atoms with Gasteiger partial charge in [-0.15, -0.1) is 0 Å². The number of hydrogen-bond donors (Lipinski definition) is 0. The van der Waals surface area contributed by atoms with Gasteiger partial charge in [0.15, 0.2) is 5.69 Å². The highest BCUT2D eigenvalue weighted by Crippen LogP contribution is 2.43. The van der Waals surface area contributed by atoms with Crippen molar-refractivity contribution in [3.8, 4) is 11.5 Å². The molecule has 1 saturated carbocycles. The summed E-state index contributed by atoms with van der Waals surface area (Å²) in [7, 11) is 0. The van der Waals surface area contributed by atoms with Gasteiger partial charge in [-0.25, -0.2) is 9.78 Å². The summed E-state index contributed by atoms with van der Waals surface area (Å²) in [6.45, 7) is 3.44. The third-order valence-electron chi connectivity index (χ3n) is 5.04. The van der Waals surface area contributed by atoms with Gasteiger partial charge in [-0.1, -0.05) is 18.2 Å². The summed E-state index contributed by atoms with van der Waals surface area (Å²) in [4.78, 5) is 17.2. The molecule has 0 amide bonds. The first-order valence-corrected chi connectivity index (χ1v) is 9.07. The summed E-state index contributed by atoms with van der Waals surface area (Å²) in [5, 5.41) is 0. The van der Waals surface area contributed by atoms with E-state index in [1.807, 2.05) is 37.3 Å². The van der Waals surface area contributed by atoms with Crippen LogP contribution < -0.4 is 0 Å². The minimum Gasteiger partial charge on any atom is -0.458 e. The van der Waals surface area contributed by atoms with Crippen molar-refractivity contribution in [1.29, 1.82) is 0 Å². The summed E-state index contributed by atoms with van der Waals surface area (Å²) < 4.78 is 17.1. The number of benzene rings is 1. The highest BCUT2D eigenvalue weighted by atomic mass is 16.5. The van der Waals surface area contributed by atoms with Gasteiger partial charge < -0.3 is 13.9 Å². The SMILES string of the molecule is CC(OC(=O)c1nc(-c2ccccc2)oc1C1CC1)C1CCOCC1. The fraction of sp³-hybridized carbons (Fsp3) is 0.500. The molecule has 5 heteroatoms. The third kappa shape index (κ3) is 3.61. The van der Waals surface area contributed by atoms with Crippen LogP contribution >= 0.6 is 0 Å². The number of carbonyl (C=O) groups excluding carboxylic acids is 1. The van der Waals surface area contributed by atoms with Crippen LogP contribution in [0.1, 0.15) is 54.8 Å². The molecule has 2 fully saturated rings. The first-order valence-electron chi connectivity index (χ1n) is 9.07. The predicted molar refractivity (Wildman–Crippen MR) is 92.3 cm³/mol. The van der Waals surface area contributed by atoms with Gasteiger partial charge in [-0.2, -0.15) is 0 Å². The molecule has 2 aliphatic rings. The second kappa shape index (κ2) is 7.00. The number of esters is 1. The summed E-state index contributed by atoms with van der Waals surface area (Å²) in [6, 6.07) is 9.67. The highest BCUT2D eigenvalue weighted by molar-refractivity contribution is 5.89. The van der Waals surface area contributed by atoms with Crippen molar-refractivity contribution in [2.24, 2.45) is 5.92 Å². The zero-order valence-electron chi connectivity index (χ0n) is 14.4. The summed E-state index contributed by atoms with van der Waals surface area (Å²) in [5.74, 6) is 1.46. The number of aromatic nitrogens is 1. The van der Waals surface area contributed by atoms with E-state index in [0.29, 0.717) is 29.2 Å². The molecule has 0 radical (unpaired) electrons. The lowest BCUT2D eigenvalue weighted by molar-refractivity contribution is -0.0123. The average molecular weight is 341 g/mol. The van der Waals surface area contributed by atoms with Crippen LogP contribution in [0.2, 0.25) is 0 Å². The van der Waals surface area contributed by atoms with Crippen LogP contribution in [-0.2, 0) is 9.47 Å². The van der Waals surface area contributed by atoms with Crippen LogP contribution in [0.15, 0.2) is 34.7 Å². The molecule has 132 valence electrons. The van der Waals surface area contributed by atoms with Gasteiger partial charge in [0, 0.05) is 30.6 Å². The maximum absolute atomic E-state index is 12.7. The molecule has 1 aromatic carbocycles. The van der Waals surface area contributed by atoms with Crippen molar-refractivity contribution in [3.05, 3.63) is 41.8 Å². The summed E-state index contributed by atoms with van der Waals surface area (Å²) >= 11 is 0. The molecule has 2 heterocycles. The number of hydrogen-bond acceptors (Lipinski definition) is 5. The molecule has 4 rings (SSSR count). The second-order valence-electron chi connectivity index (χ2n) is 6.93. The monoisotopic (exact) mass is 341 g/mol. The van der Waals surface area contributed by atoms with Crippen molar-refractivity contribution in [2.45, 2.75) is 44.6 Å². The standard InChI is InChI=1S/C20H23NO4/c1-13(14-9-11-23-12-10-14)24-20(22)17-18(15-7-8-15)25-19(21-17)16-5-3-2-4-6-16/h2-6,13-15H,7-12H2,1H3. The molecule has 1 aromatic heterocycles. The minimum atomic E-state index is -0.369. The number of carbonyl (C=O) groups is 1. The first kappa shape index (κ1) is 16.3. The highest BCUT2D eigenvalue weighted by Gasteiger charge is 2.35. The zero-order chi connectivity index (χ0) is 17.2. The van der Waals surface area contributed by atoms with Crippen LogP contribution in [0, 0.1) is 5.92 Å². The molecule has 25 heavy (non-hydrogen) atoms. The Hall–Kier alpha value is -2.14. The van der Waals surface area contributed by atoms with Crippen LogP contribution in [0.25, 0.3) is 11.5 Å². The normalized spacial score (nSPS) is 19.6. The Labute approximate surface area is 147 Å². The molecule has 1 unspecified atom stereocenters. The van der Waals surface area contributed by atoms with Crippen LogP contribution in [0.4, 0.5) is 0 Å². The van der Waals surface area contributed by atoms with Gasteiger partial charge in [-0.05, 0) is 44.7 Å². The average Bonchev–Trinajstić information content (AvgIpc) is 3.41. The maximum Gasteiger partial charge on any atom is 0.360 e. The lowest BCUT2D eigenvalue weighted by Crippen LogP contribution is -2.29. The minimum absolute atomic E-state index is 0.139. The lowest BCUT2D eigenvalue weighted by Gasteiger charge is -2.27. The Morgan fingerprint density at radius 1 is 1.16 bits per heavy atom. The van der Waals surface area contributed by atoms with E-state index in [1.54, 1.807) is 0 Å². The zero-order valence-corrected chi connectivity index (χ0v) is 14.4. The van der Waals surface area contributed by atoms with E-state index >= 15 is 0 Å². The lowest BCUT2D eigenvalue weighted by atomic mass is 9.95. The van der Waals surface area contributed by atoms with Crippen molar-refractivity contribution in [2.75, 3.05) is 13.2 Å². The first-order chi connectivity index (χ1) is 12.2. The smallest absolute Gasteiger partial charge is 0.360 e. The Balaban J connectivity index is 1.54. The number of oxazole rings is 1. The van der Waals surface area contributed by atoms with E-state index in [2.05, 4.69) is 4.98 Å². The molecule has 1 aliphatic heterocycles. The van der Waals surface area contributed by atoms with Crippen molar-refractivity contribution < 1.29 is 18.7 Å². The second-order valence-corrected chi connectivity index (χ2v) is 6.93. The van der Waals surface area contributed by atoms with E-state index in [9.17, 15) is 4.79 Å². The third-order valence-corrected chi connectivity index (χ3v) is 5.04. The summed E-state index contributed by atoms with van der Waals surface area (Å²) in [6.07, 6.45) is 3.80. The molecule has 1 atom stereocenters. The fourth-order valence-corrected chi connectivity index (χ4v) is 3.31. The molecule has 1 saturated heterocycles. The van der Waals surface area contributed by atoms with E-state index < -0.39 is 0 Å². The molecule has 0 bridgehead atoms. The molecule has 5 nitrogen and oxygen atoms in total. The van der Waals surface area contributed by atoms with Gasteiger partial charge in [0.25, 0.3) is 0 Å². The van der Waals surface area contributed by atoms with Crippen molar-refractivity contribution in [3.63, 3.8) is 0 Å². The van der Waals surface area contributed by atoms with Gasteiger partial charge >= 0.3 is 5.97 Å². The molecular weight excluding hydrogens is 318 g/mol. The molecular formula is C20H23NO4. The number of rotatable bonds is 5. The van der Waals surface area contributed by atoms with Crippen LogP contribution in [0.3, 0.4) is 0 Å². The Morgan fingerprint density at radius 2 is 1.88 bits per heavy atom. The van der Waals surface area contributed by atoms with Crippen molar-refractivity contribution >= 4 is 5.97 Å². The van der Waals surface area contributed by atoms with Gasteiger partial charge in [0.1, 0.15) is 11.9 Å². The topological polar surface area (TPSA) is 61.6 Å². The van der Waals surface area contributed by atoms with Crippen LogP contribution in [0.5, 0.6) is 0 Å². The quantitative estimate of drug-likeness (QED) is 0.763. The number of ether oxygens (including phenoxy) is 2. The molecule has 0 spiro atoms. The largest absolute Gasteiger partial charge is 0.458 e. The van der Waals surface area contributed by atoms with E-state index in [-0.39, 0.29) is 12.1 Å². The van der Waals surface area contributed by atoms with Gasteiger partial charge in [0.2, 0.25) is 5.89 Å². The van der Waals surface area contributed by atoms with E-state index in [4.69, 9.17) is 13.9 Å². The van der Waals surface area contributed by atoms with Gasteiger partial charge in [-0.3, -0.25) is 0 Å². The van der Waals surface area contributed by atoms with Crippen LogP contribution in [-0.4, -0.2) is 30.3 Å². The Kier molecular flexibility index (Phi) is 4.57. The predicted octanol–water partition coefficient (Wildman–Crippen LogP) is 4.19. The summed E-state index contributed by atoms with van der Waals surface area (Å²) in [5.41, 5.74) is 1.22. The number of nitrogens with zero attached hydrogens (tertiary/aromatic N) is 1. The Morgan fingerprint density at radius 3 is 2.56 bits per heavy atom. The fourth-order valence-electron chi connectivity index (χ4n) is 3.31. The Bertz CT molecular complexity index is 729. The van der Waals surface area contributed by atoms with E-state index in [0.717, 1.165) is 44.5 Å². The maximum atomic E-state index is 12.7. The van der Waals surface area contributed by atoms with Gasteiger partial charge in [0.05, 0.1) is 0 Å². The molecule has 1 aliphatic carbocycles. The van der Waals surface area contributed by atoms with E-state index in [1.165, 1.54) is 0 Å². The molecule has 2 aromatic rings. The van der Waals surface area contributed by atoms with Crippen molar-refractivity contribution in [1.82, 2.24) is 4.98 Å². The molecule has 0 N–H and O–H groups in total.